The maximum atomic E-state index is 11.8. The van der Waals surface area contributed by atoms with Crippen LogP contribution in [-0.2, 0) is 9.59 Å². The average molecular weight is 308 g/mol. The first kappa shape index (κ1) is 15.2. The summed E-state index contributed by atoms with van der Waals surface area (Å²) >= 11 is 5.80. The third-order valence-corrected chi connectivity index (χ3v) is 3.21. The summed E-state index contributed by atoms with van der Waals surface area (Å²) in [5.41, 5.74) is 3.22. The normalized spacial score (nSPS) is 15.5. The van der Waals surface area contributed by atoms with Crippen LogP contribution in [-0.4, -0.2) is 34.9 Å². The third kappa shape index (κ3) is 3.88. The number of likely N-dealkylation sites (tertiary alicyclic amines) is 1. The Morgan fingerprint density at radius 2 is 2.00 bits per heavy atom. The van der Waals surface area contributed by atoms with Crippen LogP contribution in [0.15, 0.2) is 29.4 Å². The van der Waals surface area contributed by atoms with E-state index in [-0.39, 0.29) is 31.2 Å². The van der Waals surface area contributed by atoms with Gasteiger partial charge in [-0.15, -0.1) is 0 Å². The SMILES string of the molecule is C/C(CN1C(=O)CCC1=O)=N/NC(=O)c1cccc(Cl)c1. The third-order valence-electron chi connectivity index (χ3n) is 2.98. The van der Waals surface area contributed by atoms with Crippen molar-refractivity contribution >= 4 is 35.0 Å². The van der Waals surface area contributed by atoms with Crippen LogP contribution >= 0.6 is 11.6 Å². The van der Waals surface area contributed by atoms with Crippen molar-refractivity contribution in [3.63, 3.8) is 0 Å². The summed E-state index contributed by atoms with van der Waals surface area (Å²) in [7, 11) is 0. The highest BCUT2D eigenvalue weighted by Gasteiger charge is 2.28. The van der Waals surface area contributed by atoms with Crippen LogP contribution in [0.1, 0.15) is 30.1 Å². The van der Waals surface area contributed by atoms with Gasteiger partial charge in [0.15, 0.2) is 0 Å². The molecule has 0 saturated carbocycles. The van der Waals surface area contributed by atoms with E-state index in [0.29, 0.717) is 16.3 Å². The Labute approximate surface area is 126 Å². The Hall–Kier alpha value is -2.21. The van der Waals surface area contributed by atoms with Gasteiger partial charge in [-0.05, 0) is 25.1 Å². The second-order valence-corrected chi connectivity index (χ2v) is 5.11. The molecule has 1 fully saturated rings. The number of imide groups is 1. The molecule has 1 aromatic carbocycles. The van der Waals surface area contributed by atoms with E-state index in [2.05, 4.69) is 10.5 Å². The minimum Gasteiger partial charge on any atom is -0.277 e. The number of carbonyl (C=O) groups is 3. The highest BCUT2D eigenvalue weighted by molar-refractivity contribution is 6.30. The Morgan fingerprint density at radius 1 is 1.33 bits per heavy atom. The zero-order valence-electron chi connectivity index (χ0n) is 11.4. The summed E-state index contributed by atoms with van der Waals surface area (Å²) in [5.74, 6) is -0.831. The predicted molar refractivity (Wildman–Crippen MR) is 78.0 cm³/mol. The number of hydrogen-bond donors (Lipinski definition) is 1. The van der Waals surface area contributed by atoms with Gasteiger partial charge in [0.1, 0.15) is 0 Å². The van der Waals surface area contributed by atoms with Gasteiger partial charge in [0, 0.05) is 23.4 Å². The van der Waals surface area contributed by atoms with Gasteiger partial charge in [-0.3, -0.25) is 19.3 Å². The van der Waals surface area contributed by atoms with Crippen LogP contribution in [0, 0.1) is 0 Å². The van der Waals surface area contributed by atoms with Crippen LogP contribution in [0.4, 0.5) is 0 Å². The maximum absolute atomic E-state index is 11.8. The topological polar surface area (TPSA) is 78.8 Å². The van der Waals surface area contributed by atoms with Crippen molar-refractivity contribution in [2.24, 2.45) is 5.10 Å². The van der Waals surface area contributed by atoms with Crippen LogP contribution in [0.5, 0.6) is 0 Å². The predicted octanol–water partition coefficient (Wildman–Crippen LogP) is 1.59. The Kier molecular flexibility index (Phi) is 4.70. The molecule has 7 heteroatoms. The fourth-order valence-electron chi connectivity index (χ4n) is 1.90. The zero-order valence-corrected chi connectivity index (χ0v) is 12.2. The monoisotopic (exact) mass is 307 g/mol. The van der Waals surface area contributed by atoms with E-state index in [1.807, 2.05) is 0 Å². The molecule has 1 saturated heterocycles. The van der Waals surface area contributed by atoms with E-state index in [4.69, 9.17) is 11.6 Å². The standard InChI is InChI=1S/C14H14ClN3O3/c1-9(8-18-12(19)5-6-13(18)20)16-17-14(21)10-3-2-4-11(15)7-10/h2-4,7H,5-6,8H2,1H3,(H,17,21)/b16-9-. The molecule has 21 heavy (non-hydrogen) atoms. The second kappa shape index (κ2) is 6.49. The van der Waals surface area contributed by atoms with E-state index >= 15 is 0 Å². The number of rotatable bonds is 4. The van der Waals surface area contributed by atoms with Gasteiger partial charge in [0.2, 0.25) is 11.8 Å². The van der Waals surface area contributed by atoms with E-state index in [1.165, 1.54) is 6.07 Å². The van der Waals surface area contributed by atoms with Crippen molar-refractivity contribution in [1.82, 2.24) is 10.3 Å². The molecule has 0 unspecified atom stereocenters. The lowest BCUT2D eigenvalue weighted by Crippen LogP contribution is -2.34. The molecule has 0 spiro atoms. The minimum atomic E-state index is -0.407. The number of hydrogen-bond acceptors (Lipinski definition) is 4. The molecule has 1 aliphatic rings. The Bertz CT molecular complexity index is 612. The van der Waals surface area contributed by atoms with Gasteiger partial charge in [-0.2, -0.15) is 5.10 Å². The number of amides is 3. The number of halogens is 1. The van der Waals surface area contributed by atoms with E-state index in [1.54, 1.807) is 25.1 Å². The smallest absolute Gasteiger partial charge is 0.271 e. The molecule has 0 atom stereocenters. The molecular formula is C14H14ClN3O3. The van der Waals surface area contributed by atoms with Crippen LogP contribution in [0.25, 0.3) is 0 Å². The lowest BCUT2D eigenvalue weighted by molar-refractivity contribution is -0.137. The molecule has 3 amide bonds. The molecule has 1 heterocycles. The largest absolute Gasteiger partial charge is 0.277 e. The first-order chi connectivity index (χ1) is 9.97. The van der Waals surface area contributed by atoms with Crippen LogP contribution < -0.4 is 5.43 Å². The number of hydrazone groups is 1. The maximum Gasteiger partial charge on any atom is 0.271 e. The first-order valence-electron chi connectivity index (χ1n) is 6.39. The Morgan fingerprint density at radius 3 is 2.62 bits per heavy atom. The van der Waals surface area contributed by atoms with Crippen molar-refractivity contribution in [3.8, 4) is 0 Å². The zero-order chi connectivity index (χ0) is 15.4. The quantitative estimate of drug-likeness (QED) is 0.521. The van der Waals surface area contributed by atoms with Crippen molar-refractivity contribution < 1.29 is 14.4 Å². The molecule has 1 aromatic rings. The summed E-state index contributed by atoms with van der Waals surface area (Å²) in [5, 5.41) is 4.35. The van der Waals surface area contributed by atoms with Gasteiger partial charge in [0.25, 0.3) is 5.91 Å². The van der Waals surface area contributed by atoms with Gasteiger partial charge in [-0.1, -0.05) is 17.7 Å². The summed E-state index contributed by atoms with van der Waals surface area (Å²) in [6.07, 6.45) is 0.474. The van der Waals surface area contributed by atoms with Crippen LogP contribution in [0.2, 0.25) is 5.02 Å². The number of nitrogens with zero attached hydrogens (tertiary/aromatic N) is 2. The van der Waals surface area contributed by atoms with Gasteiger partial charge in [-0.25, -0.2) is 5.43 Å². The molecule has 0 aromatic heterocycles. The van der Waals surface area contributed by atoms with Crippen molar-refractivity contribution in [2.75, 3.05) is 6.54 Å². The number of nitrogens with one attached hydrogen (secondary N) is 1. The van der Waals surface area contributed by atoms with Gasteiger partial charge >= 0.3 is 0 Å². The fourth-order valence-corrected chi connectivity index (χ4v) is 2.09. The van der Waals surface area contributed by atoms with E-state index < -0.39 is 5.91 Å². The molecule has 0 radical (unpaired) electrons. The van der Waals surface area contributed by atoms with E-state index in [0.717, 1.165) is 4.90 Å². The summed E-state index contributed by atoms with van der Waals surface area (Å²) < 4.78 is 0. The fraction of sp³-hybridized carbons (Fsp3) is 0.286. The van der Waals surface area contributed by atoms with Gasteiger partial charge < -0.3 is 0 Å². The molecule has 2 rings (SSSR count). The summed E-state index contributed by atoms with van der Waals surface area (Å²) in [4.78, 5) is 35.9. The van der Waals surface area contributed by atoms with Crippen molar-refractivity contribution in [2.45, 2.75) is 19.8 Å². The molecule has 0 aliphatic carbocycles. The highest BCUT2D eigenvalue weighted by atomic mass is 35.5. The van der Waals surface area contributed by atoms with Crippen molar-refractivity contribution in [3.05, 3.63) is 34.9 Å². The summed E-state index contributed by atoms with van der Waals surface area (Å²) in [6.45, 7) is 1.73. The molecular weight excluding hydrogens is 294 g/mol. The van der Waals surface area contributed by atoms with Crippen molar-refractivity contribution in [1.29, 1.82) is 0 Å². The van der Waals surface area contributed by atoms with Crippen LogP contribution in [0.3, 0.4) is 0 Å². The number of carbonyl (C=O) groups excluding carboxylic acids is 3. The second-order valence-electron chi connectivity index (χ2n) is 4.67. The molecule has 6 nitrogen and oxygen atoms in total. The van der Waals surface area contributed by atoms with Gasteiger partial charge in [0.05, 0.1) is 12.3 Å². The molecule has 1 aliphatic heterocycles. The Balaban J connectivity index is 1.95. The highest BCUT2D eigenvalue weighted by Crippen LogP contribution is 2.12. The van der Waals surface area contributed by atoms with E-state index in [9.17, 15) is 14.4 Å². The summed E-state index contributed by atoms with van der Waals surface area (Å²) in [6, 6.07) is 6.46. The minimum absolute atomic E-state index is 0.0908. The first-order valence-corrected chi connectivity index (χ1v) is 6.77. The lowest BCUT2D eigenvalue weighted by Gasteiger charge is -2.13. The molecule has 110 valence electrons. The molecule has 1 N–H and O–H groups in total. The number of benzene rings is 1. The molecule has 0 bridgehead atoms. The lowest BCUT2D eigenvalue weighted by atomic mass is 10.2. The average Bonchev–Trinajstić information content (AvgIpc) is 2.76.